The lowest BCUT2D eigenvalue weighted by Crippen LogP contribution is -2.40. The molecule has 0 unspecified atom stereocenters. The zero-order valence-electron chi connectivity index (χ0n) is 14.4. The molecule has 0 saturated carbocycles. The minimum Gasteiger partial charge on any atom is -0.337 e. The Bertz CT molecular complexity index is 864. The fourth-order valence-electron chi connectivity index (χ4n) is 3.45. The summed E-state index contributed by atoms with van der Waals surface area (Å²) in [6.07, 6.45) is 14.1. The van der Waals surface area contributed by atoms with E-state index in [2.05, 4.69) is 30.6 Å². The van der Waals surface area contributed by atoms with Gasteiger partial charge in [-0.05, 0) is 24.5 Å². The summed E-state index contributed by atoms with van der Waals surface area (Å²) in [5.74, 6) is 1.18. The smallest absolute Gasteiger partial charge is 0.274 e. The number of piperidine rings is 1. The van der Waals surface area contributed by atoms with Crippen molar-refractivity contribution in [3.05, 3.63) is 72.6 Å². The molecule has 1 amide bonds. The lowest BCUT2D eigenvalue weighted by Gasteiger charge is -2.32. The van der Waals surface area contributed by atoms with E-state index in [1.54, 1.807) is 18.6 Å². The number of imidazole rings is 1. The summed E-state index contributed by atoms with van der Waals surface area (Å²) in [4.78, 5) is 31.4. The molecule has 0 aliphatic carbocycles. The van der Waals surface area contributed by atoms with Crippen LogP contribution in [0.4, 0.5) is 0 Å². The predicted octanol–water partition coefficient (Wildman–Crippen LogP) is 2.14. The van der Waals surface area contributed by atoms with Crippen LogP contribution in [0.3, 0.4) is 0 Å². The number of nitrogens with zero attached hydrogens (tertiary/aromatic N) is 6. The average molecular weight is 348 g/mol. The highest BCUT2D eigenvalue weighted by Crippen LogP contribution is 2.27. The summed E-state index contributed by atoms with van der Waals surface area (Å²) in [7, 11) is 0. The molecule has 3 aromatic heterocycles. The number of carbonyl (C=O) groups is 1. The Balaban J connectivity index is 1.50. The topological polar surface area (TPSA) is 76.8 Å². The molecule has 1 aliphatic heterocycles. The quantitative estimate of drug-likeness (QED) is 0.722. The number of hydrogen-bond donors (Lipinski definition) is 0. The highest BCUT2D eigenvalue weighted by Gasteiger charge is 2.28. The van der Waals surface area contributed by atoms with Crippen molar-refractivity contribution in [1.29, 1.82) is 0 Å². The third kappa shape index (κ3) is 3.46. The van der Waals surface area contributed by atoms with Crippen LogP contribution < -0.4 is 0 Å². The van der Waals surface area contributed by atoms with Gasteiger partial charge in [0.25, 0.3) is 5.91 Å². The molecule has 1 fully saturated rings. The molecule has 0 radical (unpaired) electrons. The van der Waals surface area contributed by atoms with Gasteiger partial charge in [-0.15, -0.1) is 0 Å². The molecule has 7 heteroatoms. The maximum Gasteiger partial charge on any atom is 0.274 e. The summed E-state index contributed by atoms with van der Waals surface area (Å²) >= 11 is 0. The van der Waals surface area contributed by atoms with Gasteiger partial charge in [-0.25, -0.2) is 9.97 Å². The van der Waals surface area contributed by atoms with Gasteiger partial charge in [0.05, 0.1) is 12.7 Å². The lowest BCUT2D eigenvalue weighted by atomic mass is 9.96. The molecule has 1 aliphatic rings. The van der Waals surface area contributed by atoms with Crippen LogP contribution in [0.15, 0.2) is 55.5 Å². The van der Waals surface area contributed by atoms with E-state index in [0.717, 1.165) is 37.3 Å². The van der Waals surface area contributed by atoms with Gasteiger partial charge < -0.3 is 9.47 Å². The second-order valence-corrected chi connectivity index (χ2v) is 6.46. The summed E-state index contributed by atoms with van der Waals surface area (Å²) in [5.41, 5.74) is 1.53. The normalized spacial score (nSPS) is 17.2. The minimum absolute atomic E-state index is 0.0619. The molecule has 4 heterocycles. The highest BCUT2D eigenvalue weighted by atomic mass is 16.2. The first kappa shape index (κ1) is 16.4. The number of hydrogen-bond acceptors (Lipinski definition) is 5. The number of pyridine rings is 1. The van der Waals surface area contributed by atoms with Crippen molar-refractivity contribution in [3.8, 4) is 0 Å². The monoisotopic (exact) mass is 348 g/mol. The standard InChI is InChI=1S/C19H20N6O/c26-19(17-12-21-6-7-22-17)25-9-2-4-16(14-25)18-23-8-10-24(18)13-15-3-1-5-20-11-15/h1,3,5-8,10-12,16H,2,4,9,13-14H2/t16-/m0/s1. The van der Waals surface area contributed by atoms with E-state index in [-0.39, 0.29) is 11.8 Å². The Morgan fingerprint density at radius 1 is 1.12 bits per heavy atom. The third-order valence-corrected chi connectivity index (χ3v) is 4.68. The Labute approximate surface area is 151 Å². The molecule has 0 aromatic carbocycles. The van der Waals surface area contributed by atoms with Gasteiger partial charge in [0.15, 0.2) is 0 Å². The fraction of sp³-hybridized carbons (Fsp3) is 0.316. The van der Waals surface area contributed by atoms with Gasteiger partial charge in [-0.2, -0.15) is 0 Å². The van der Waals surface area contributed by atoms with Crippen LogP contribution in [-0.2, 0) is 6.54 Å². The molecular formula is C19H20N6O. The van der Waals surface area contributed by atoms with Crippen molar-refractivity contribution in [1.82, 2.24) is 29.4 Å². The molecule has 0 bridgehead atoms. The van der Waals surface area contributed by atoms with Crippen LogP contribution in [0.1, 0.15) is 40.6 Å². The molecule has 26 heavy (non-hydrogen) atoms. The van der Waals surface area contributed by atoms with E-state index in [1.807, 2.05) is 29.6 Å². The van der Waals surface area contributed by atoms with Crippen LogP contribution in [0, 0.1) is 0 Å². The third-order valence-electron chi connectivity index (χ3n) is 4.68. The second kappa shape index (κ2) is 7.43. The summed E-state index contributed by atoms with van der Waals surface area (Å²) in [6.45, 7) is 2.13. The number of aromatic nitrogens is 5. The van der Waals surface area contributed by atoms with Gasteiger partial charge >= 0.3 is 0 Å². The van der Waals surface area contributed by atoms with Crippen LogP contribution in [0.25, 0.3) is 0 Å². The van der Waals surface area contributed by atoms with Crippen LogP contribution in [-0.4, -0.2) is 48.4 Å². The van der Waals surface area contributed by atoms with E-state index in [9.17, 15) is 4.79 Å². The number of amides is 1. The van der Waals surface area contributed by atoms with E-state index >= 15 is 0 Å². The number of carbonyl (C=O) groups excluding carboxylic acids is 1. The molecule has 0 N–H and O–H groups in total. The Morgan fingerprint density at radius 2 is 2.04 bits per heavy atom. The van der Waals surface area contributed by atoms with Crippen molar-refractivity contribution in [2.75, 3.05) is 13.1 Å². The molecule has 1 saturated heterocycles. The maximum atomic E-state index is 12.7. The van der Waals surface area contributed by atoms with Gasteiger partial charge in [0.2, 0.25) is 0 Å². The fourth-order valence-corrected chi connectivity index (χ4v) is 3.45. The van der Waals surface area contributed by atoms with E-state index < -0.39 is 0 Å². The number of rotatable bonds is 4. The van der Waals surface area contributed by atoms with Crippen molar-refractivity contribution < 1.29 is 4.79 Å². The van der Waals surface area contributed by atoms with E-state index in [1.165, 1.54) is 6.20 Å². The predicted molar refractivity (Wildman–Crippen MR) is 95.5 cm³/mol. The summed E-state index contributed by atoms with van der Waals surface area (Å²) < 4.78 is 2.15. The van der Waals surface area contributed by atoms with Gasteiger partial charge in [-0.1, -0.05) is 6.07 Å². The van der Waals surface area contributed by atoms with Crippen molar-refractivity contribution in [2.45, 2.75) is 25.3 Å². The zero-order chi connectivity index (χ0) is 17.8. The first-order valence-corrected chi connectivity index (χ1v) is 8.76. The van der Waals surface area contributed by atoms with Crippen molar-refractivity contribution >= 4 is 5.91 Å². The largest absolute Gasteiger partial charge is 0.337 e. The van der Waals surface area contributed by atoms with E-state index in [0.29, 0.717) is 12.2 Å². The molecule has 132 valence electrons. The van der Waals surface area contributed by atoms with Crippen molar-refractivity contribution in [2.24, 2.45) is 0 Å². The Kier molecular flexibility index (Phi) is 4.68. The van der Waals surface area contributed by atoms with Gasteiger partial charge in [0.1, 0.15) is 11.5 Å². The van der Waals surface area contributed by atoms with E-state index in [4.69, 9.17) is 0 Å². The molecule has 3 aromatic rings. The Morgan fingerprint density at radius 3 is 2.85 bits per heavy atom. The molecule has 1 atom stereocenters. The highest BCUT2D eigenvalue weighted by molar-refractivity contribution is 5.92. The van der Waals surface area contributed by atoms with Crippen molar-refractivity contribution in [3.63, 3.8) is 0 Å². The summed E-state index contributed by atoms with van der Waals surface area (Å²) in [6, 6.07) is 4.00. The van der Waals surface area contributed by atoms with Crippen LogP contribution >= 0.6 is 0 Å². The maximum absolute atomic E-state index is 12.7. The minimum atomic E-state index is -0.0619. The number of likely N-dealkylation sites (tertiary alicyclic amines) is 1. The average Bonchev–Trinajstić information content (AvgIpc) is 3.17. The van der Waals surface area contributed by atoms with Crippen LogP contribution in [0.2, 0.25) is 0 Å². The molecule has 0 spiro atoms. The lowest BCUT2D eigenvalue weighted by molar-refractivity contribution is 0.0697. The molecular weight excluding hydrogens is 328 g/mol. The van der Waals surface area contributed by atoms with Crippen LogP contribution in [0.5, 0.6) is 0 Å². The SMILES string of the molecule is O=C(c1cnccn1)N1CCC[C@H](c2nccn2Cc2cccnc2)C1. The van der Waals surface area contributed by atoms with Gasteiger partial charge in [0, 0.05) is 56.2 Å². The first-order chi connectivity index (χ1) is 12.8. The summed E-state index contributed by atoms with van der Waals surface area (Å²) in [5, 5.41) is 0. The molecule has 7 nitrogen and oxygen atoms in total. The first-order valence-electron chi connectivity index (χ1n) is 8.76. The second-order valence-electron chi connectivity index (χ2n) is 6.46. The Hall–Kier alpha value is -3.09. The zero-order valence-corrected chi connectivity index (χ0v) is 14.4. The molecule has 4 rings (SSSR count). The van der Waals surface area contributed by atoms with Gasteiger partial charge in [-0.3, -0.25) is 14.8 Å².